The molecule has 134 valence electrons. The highest BCUT2D eigenvalue weighted by molar-refractivity contribution is 9.10. The van der Waals surface area contributed by atoms with Gasteiger partial charge >= 0.3 is 0 Å². The third-order valence-corrected chi connectivity index (χ3v) is 4.16. The van der Waals surface area contributed by atoms with Crippen molar-refractivity contribution in [3.8, 4) is 0 Å². The largest absolute Gasteiger partial charge is 0.321 e. The Balaban J connectivity index is 1.71. The molecule has 0 radical (unpaired) electrons. The highest BCUT2D eigenvalue weighted by Crippen LogP contribution is 2.19. The van der Waals surface area contributed by atoms with Crippen LogP contribution < -0.4 is 10.6 Å². The molecule has 0 saturated heterocycles. The molecule has 0 bridgehead atoms. The molecule has 3 rings (SSSR count). The van der Waals surface area contributed by atoms with Crippen molar-refractivity contribution in [3.05, 3.63) is 58.6 Å². The predicted octanol–water partition coefficient (Wildman–Crippen LogP) is 2.90. The summed E-state index contributed by atoms with van der Waals surface area (Å²) in [5.74, 6) is -0.657. The van der Waals surface area contributed by atoms with Crippen molar-refractivity contribution in [2.24, 2.45) is 7.05 Å². The lowest BCUT2D eigenvalue weighted by atomic mass is 10.2. The number of nitrogens with one attached hydrogen (secondary N) is 2. The molecule has 0 fully saturated rings. The van der Waals surface area contributed by atoms with Gasteiger partial charge in [-0.1, -0.05) is 6.07 Å². The number of amides is 2. The van der Waals surface area contributed by atoms with E-state index in [0.29, 0.717) is 33.8 Å². The second-order valence-electron chi connectivity index (χ2n) is 5.55. The average Bonchev–Trinajstić information content (AvgIpc) is 3.21. The summed E-state index contributed by atoms with van der Waals surface area (Å²) < 4.78 is 3.85. The maximum atomic E-state index is 12.4. The maximum Gasteiger partial charge on any atom is 0.277 e. The van der Waals surface area contributed by atoms with Crippen molar-refractivity contribution >= 4 is 39.1 Å². The molecule has 0 spiro atoms. The smallest absolute Gasteiger partial charge is 0.277 e. The molecule has 2 aromatic heterocycles. The number of carbonyl (C=O) groups is 2. The van der Waals surface area contributed by atoms with Crippen molar-refractivity contribution in [1.29, 1.82) is 0 Å². The number of benzene rings is 1. The Labute approximate surface area is 158 Å². The summed E-state index contributed by atoms with van der Waals surface area (Å²) in [4.78, 5) is 24.6. The Morgan fingerprint density at radius 1 is 1.12 bits per heavy atom. The van der Waals surface area contributed by atoms with E-state index in [9.17, 15) is 9.59 Å². The van der Waals surface area contributed by atoms with Crippen molar-refractivity contribution in [2.75, 3.05) is 10.6 Å². The molecule has 3 aromatic rings. The second kappa shape index (κ2) is 7.52. The van der Waals surface area contributed by atoms with Gasteiger partial charge in [0.15, 0.2) is 11.4 Å². The van der Waals surface area contributed by atoms with Gasteiger partial charge in [0.1, 0.15) is 0 Å². The zero-order valence-electron chi connectivity index (χ0n) is 14.2. The molecule has 0 aliphatic heterocycles. The van der Waals surface area contributed by atoms with E-state index in [4.69, 9.17) is 0 Å². The monoisotopic (exact) mass is 416 g/mol. The second-order valence-corrected chi connectivity index (χ2v) is 6.40. The van der Waals surface area contributed by atoms with E-state index in [2.05, 4.69) is 36.8 Å². The number of hydrogen-bond acceptors (Lipinski definition) is 4. The maximum absolute atomic E-state index is 12.4. The van der Waals surface area contributed by atoms with E-state index in [-0.39, 0.29) is 11.8 Å². The van der Waals surface area contributed by atoms with Crippen molar-refractivity contribution in [2.45, 2.75) is 13.5 Å². The Hall–Kier alpha value is -2.94. The van der Waals surface area contributed by atoms with Crippen LogP contribution >= 0.6 is 15.9 Å². The van der Waals surface area contributed by atoms with E-state index in [1.165, 1.54) is 0 Å². The third-order valence-electron chi connectivity index (χ3n) is 3.58. The zero-order chi connectivity index (χ0) is 18.7. The Morgan fingerprint density at radius 3 is 2.38 bits per heavy atom. The van der Waals surface area contributed by atoms with Gasteiger partial charge in [-0.15, -0.1) is 0 Å². The Bertz CT molecular complexity index is 962. The summed E-state index contributed by atoms with van der Waals surface area (Å²) in [6.45, 7) is 2.61. The van der Waals surface area contributed by atoms with Gasteiger partial charge in [-0.2, -0.15) is 10.2 Å². The van der Waals surface area contributed by atoms with Crippen molar-refractivity contribution in [3.63, 3.8) is 0 Å². The lowest BCUT2D eigenvalue weighted by Gasteiger charge is -2.07. The molecular formula is C17H17BrN6O2. The number of rotatable bonds is 5. The van der Waals surface area contributed by atoms with Crippen LogP contribution in [-0.2, 0) is 13.6 Å². The Kier molecular flexibility index (Phi) is 5.17. The van der Waals surface area contributed by atoms with Crippen LogP contribution in [0.25, 0.3) is 0 Å². The molecule has 8 nitrogen and oxygen atoms in total. The summed E-state index contributed by atoms with van der Waals surface area (Å²) in [7, 11) is 1.74. The van der Waals surface area contributed by atoms with Gasteiger partial charge < -0.3 is 10.6 Å². The summed E-state index contributed by atoms with van der Waals surface area (Å²) >= 11 is 3.34. The van der Waals surface area contributed by atoms with Gasteiger partial charge in [0.2, 0.25) is 0 Å². The molecule has 0 unspecified atom stereocenters. The lowest BCUT2D eigenvalue weighted by molar-refractivity contribution is 0.101. The minimum atomic E-state index is -0.336. The summed E-state index contributed by atoms with van der Waals surface area (Å²) in [5.41, 5.74) is 1.72. The highest BCUT2D eigenvalue weighted by Gasteiger charge is 2.15. The fourth-order valence-corrected chi connectivity index (χ4v) is 2.80. The average molecular weight is 417 g/mol. The van der Waals surface area contributed by atoms with Crippen molar-refractivity contribution < 1.29 is 9.59 Å². The topological polar surface area (TPSA) is 93.8 Å². The summed E-state index contributed by atoms with van der Waals surface area (Å²) in [6, 6.07) is 8.51. The van der Waals surface area contributed by atoms with Gasteiger partial charge in [-0.25, -0.2) is 0 Å². The van der Waals surface area contributed by atoms with E-state index in [0.717, 1.165) is 0 Å². The molecule has 0 aliphatic carbocycles. The minimum absolute atomic E-state index is 0.301. The lowest BCUT2D eigenvalue weighted by Crippen LogP contribution is -2.15. The number of carbonyl (C=O) groups excluding carboxylic acids is 2. The first-order valence-electron chi connectivity index (χ1n) is 7.91. The Morgan fingerprint density at radius 2 is 1.81 bits per heavy atom. The van der Waals surface area contributed by atoms with Gasteiger partial charge in [-0.3, -0.25) is 19.0 Å². The molecule has 0 saturated carbocycles. The molecular weight excluding hydrogens is 400 g/mol. The standard InChI is InChI=1S/C17H17BrN6O2/c1-3-24-10-13(18)15(22-24)17(26)20-12-6-4-5-11(9-12)19-16(25)14-7-8-23(2)21-14/h4-10H,3H2,1-2H3,(H,19,25)(H,20,26). The van der Waals surface area contributed by atoms with Crippen LogP contribution in [-0.4, -0.2) is 31.4 Å². The molecule has 1 aromatic carbocycles. The highest BCUT2D eigenvalue weighted by atomic mass is 79.9. The molecule has 2 heterocycles. The fraction of sp³-hybridized carbons (Fsp3) is 0.176. The molecule has 0 atom stereocenters. The first kappa shape index (κ1) is 17.9. The molecule has 2 amide bonds. The number of halogens is 1. The number of hydrogen-bond donors (Lipinski definition) is 2. The number of anilines is 2. The van der Waals surface area contributed by atoms with Crippen molar-refractivity contribution in [1.82, 2.24) is 19.6 Å². The predicted molar refractivity (Wildman–Crippen MR) is 101 cm³/mol. The van der Waals surface area contributed by atoms with Crippen LogP contribution in [0.4, 0.5) is 11.4 Å². The van der Waals surface area contributed by atoms with Gasteiger partial charge in [-0.05, 0) is 47.1 Å². The van der Waals surface area contributed by atoms with Crippen LogP contribution in [0.3, 0.4) is 0 Å². The third kappa shape index (κ3) is 3.99. The first-order valence-corrected chi connectivity index (χ1v) is 8.71. The van der Waals surface area contributed by atoms with E-state index >= 15 is 0 Å². The van der Waals surface area contributed by atoms with Crippen LogP contribution in [0.5, 0.6) is 0 Å². The molecule has 0 aliphatic rings. The van der Waals surface area contributed by atoms with E-state index in [1.54, 1.807) is 59.1 Å². The van der Waals surface area contributed by atoms with Crippen LogP contribution in [0.15, 0.2) is 47.2 Å². The normalized spacial score (nSPS) is 10.6. The fourth-order valence-electron chi connectivity index (χ4n) is 2.31. The number of nitrogens with zero attached hydrogens (tertiary/aromatic N) is 4. The van der Waals surface area contributed by atoms with E-state index in [1.807, 2.05) is 6.92 Å². The van der Waals surface area contributed by atoms with Crippen LogP contribution in [0.1, 0.15) is 27.9 Å². The first-order chi connectivity index (χ1) is 12.5. The van der Waals surface area contributed by atoms with E-state index < -0.39 is 0 Å². The molecule has 2 N–H and O–H groups in total. The number of aryl methyl sites for hydroxylation is 2. The summed E-state index contributed by atoms with van der Waals surface area (Å²) in [6.07, 6.45) is 3.44. The zero-order valence-corrected chi connectivity index (χ0v) is 15.8. The van der Waals surface area contributed by atoms with Gasteiger partial charge in [0, 0.05) is 37.4 Å². The SMILES string of the molecule is CCn1cc(Br)c(C(=O)Nc2cccc(NC(=O)c3ccn(C)n3)c2)n1. The molecule has 9 heteroatoms. The summed E-state index contributed by atoms with van der Waals surface area (Å²) in [5, 5.41) is 13.8. The molecule has 26 heavy (non-hydrogen) atoms. The minimum Gasteiger partial charge on any atom is -0.321 e. The van der Waals surface area contributed by atoms with Crippen LogP contribution in [0.2, 0.25) is 0 Å². The number of aromatic nitrogens is 4. The van der Waals surface area contributed by atoms with Crippen LogP contribution in [0, 0.1) is 0 Å². The van der Waals surface area contributed by atoms with Gasteiger partial charge in [0.05, 0.1) is 4.47 Å². The van der Waals surface area contributed by atoms with Gasteiger partial charge in [0.25, 0.3) is 11.8 Å². The quantitative estimate of drug-likeness (QED) is 0.668.